The van der Waals surface area contributed by atoms with Crippen LogP contribution in [0, 0.1) is 12.7 Å². The number of halogens is 1. The lowest BCUT2D eigenvalue weighted by Crippen LogP contribution is -2.41. The Morgan fingerprint density at radius 1 is 1.15 bits per heavy atom. The largest absolute Gasteiger partial charge is 0.325 e. The highest BCUT2D eigenvalue weighted by molar-refractivity contribution is 8.00. The van der Waals surface area contributed by atoms with E-state index in [2.05, 4.69) is 20.9 Å². The number of amides is 1. The third-order valence-corrected chi connectivity index (χ3v) is 5.34. The van der Waals surface area contributed by atoms with Gasteiger partial charge in [-0.3, -0.25) is 4.79 Å². The number of carbonyl (C=O) groups is 1. The van der Waals surface area contributed by atoms with Crippen molar-refractivity contribution in [2.24, 2.45) is 0 Å². The molecule has 0 aliphatic carbocycles. The van der Waals surface area contributed by atoms with Crippen molar-refractivity contribution in [2.45, 2.75) is 23.4 Å². The zero-order valence-corrected chi connectivity index (χ0v) is 14.7. The van der Waals surface area contributed by atoms with E-state index < -0.39 is 5.25 Å². The smallest absolute Gasteiger partial charge is 0.240 e. The molecule has 0 fully saturated rings. The van der Waals surface area contributed by atoms with Crippen molar-refractivity contribution in [2.75, 3.05) is 10.7 Å². The van der Waals surface area contributed by atoms with E-state index in [1.54, 1.807) is 16.8 Å². The minimum absolute atomic E-state index is 0.185. The highest BCUT2D eigenvalue weighted by Crippen LogP contribution is 2.37. The first-order chi connectivity index (χ1) is 12.6. The van der Waals surface area contributed by atoms with Gasteiger partial charge in [-0.1, -0.05) is 42.1 Å². The molecular formula is C18H16FN5OS. The van der Waals surface area contributed by atoms with Gasteiger partial charge in [0, 0.05) is 5.69 Å². The average molecular weight is 369 g/mol. The van der Waals surface area contributed by atoms with Crippen molar-refractivity contribution >= 4 is 23.4 Å². The van der Waals surface area contributed by atoms with Gasteiger partial charge in [0.1, 0.15) is 16.9 Å². The van der Waals surface area contributed by atoms with Gasteiger partial charge in [0.25, 0.3) is 0 Å². The molecule has 0 saturated carbocycles. The summed E-state index contributed by atoms with van der Waals surface area (Å²) >= 11 is 1.35. The molecule has 2 aromatic carbocycles. The molecule has 1 amide bonds. The number of hydrogen-bond acceptors (Lipinski definition) is 5. The molecule has 0 unspecified atom stereocenters. The predicted octanol–water partition coefficient (Wildman–Crippen LogP) is 3.12. The van der Waals surface area contributed by atoms with Gasteiger partial charge in [-0.15, -0.1) is 10.2 Å². The molecule has 8 heteroatoms. The standard InChI is InChI=1S/C18H16FN5OS/c1-11-21-22-18-24(11)23-15(12-5-3-2-4-6-12)16(26-18)17(25)20-14-9-7-13(19)8-10-14/h2-10,15-16,23H,1H3,(H,20,25)/t15-,16-/m1/s1. The molecule has 1 aliphatic rings. The molecule has 2 N–H and O–H groups in total. The molecule has 4 rings (SSSR count). The average Bonchev–Trinajstić information content (AvgIpc) is 3.03. The van der Waals surface area contributed by atoms with E-state index in [-0.39, 0.29) is 17.8 Å². The molecule has 0 bridgehead atoms. The first kappa shape index (κ1) is 16.6. The van der Waals surface area contributed by atoms with Crippen LogP contribution in [-0.4, -0.2) is 26.0 Å². The number of aromatic nitrogens is 3. The summed E-state index contributed by atoms with van der Waals surface area (Å²) in [6, 6.07) is 15.2. The van der Waals surface area contributed by atoms with E-state index in [0.29, 0.717) is 10.8 Å². The highest BCUT2D eigenvalue weighted by Gasteiger charge is 2.37. The Kier molecular flexibility index (Phi) is 4.34. The maximum atomic E-state index is 13.1. The maximum absolute atomic E-state index is 13.1. The third kappa shape index (κ3) is 3.15. The van der Waals surface area contributed by atoms with Crippen LogP contribution < -0.4 is 10.7 Å². The zero-order valence-electron chi connectivity index (χ0n) is 13.9. The van der Waals surface area contributed by atoms with Crippen molar-refractivity contribution in [1.29, 1.82) is 0 Å². The summed E-state index contributed by atoms with van der Waals surface area (Å²) in [6.45, 7) is 1.85. The summed E-state index contributed by atoms with van der Waals surface area (Å²) in [7, 11) is 0. The van der Waals surface area contributed by atoms with Gasteiger partial charge in [0.15, 0.2) is 0 Å². The molecule has 2 heterocycles. The highest BCUT2D eigenvalue weighted by atomic mass is 32.2. The zero-order chi connectivity index (χ0) is 18.1. The van der Waals surface area contributed by atoms with Crippen LogP contribution in [-0.2, 0) is 4.79 Å². The number of anilines is 1. The first-order valence-corrected chi connectivity index (χ1v) is 8.96. The lowest BCUT2D eigenvalue weighted by Gasteiger charge is -2.32. The van der Waals surface area contributed by atoms with Crippen LogP contribution in [0.3, 0.4) is 0 Å². The van der Waals surface area contributed by atoms with Gasteiger partial charge in [0.05, 0.1) is 6.04 Å². The number of hydrogen-bond donors (Lipinski definition) is 2. The number of carbonyl (C=O) groups excluding carboxylic acids is 1. The number of aryl methyl sites for hydroxylation is 1. The molecular weight excluding hydrogens is 353 g/mol. The van der Waals surface area contributed by atoms with Crippen LogP contribution in [0.1, 0.15) is 17.4 Å². The molecule has 1 aromatic heterocycles. The van der Waals surface area contributed by atoms with Gasteiger partial charge in [-0.25, -0.2) is 9.07 Å². The van der Waals surface area contributed by atoms with E-state index in [1.807, 2.05) is 37.3 Å². The fraction of sp³-hybridized carbons (Fsp3) is 0.167. The SMILES string of the molecule is Cc1nnc2n1N[C@H](c1ccccc1)[C@H](C(=O)Nc1ccc(F)cc1)S2. The molecule has 26 heavy (non-hydrogen) atoms. The second-order valence-electron chi connectivity index (χ2n) is 5.92. The van der Waals surface area contributed by atoms with Crippen molar-refractivity contribution in [3.63, 3.8) is 0 Å². The summed E-state index contributed by atoms with van der Waals surface area (Å²) in [5, 5.41) is 11.2. The van der Waals surface area contributed by atoms with E-state index in [1.165, 1.54) is 23.9 Å². The lowest BCUT2D eigenvalue weighted by atomic mass is 10.0. The van der Waals surface area contributed by atoms with Gasteiger partial charge >= 0.3 is 0 Å². The Bertz CT molecular complexity index is 929. The fourth-order valence-electron chi connectivity index (χ4n) is 2.82. The topological polar surface area (TPSA) is 71.8 Å². The second kappa shape index (κ2) is 6.80. The number of thioether (sulfide) groups is 1. The van der Waals surface area contributed by atoms with Gasteiger partial charge in [0.2, 0.25) is 11.1 Å². The predicted molar refractivity (Wildman–Crippen MR) is 98.0 cm³/mol. The van der Waals surface area contributed by atoms with Crippen molar-refractivity contribution in [1.82, 2.24) is 14.9 Å². The van der Waals surface area contributed by atoms with Crippen molar-refractivity contribution < 1.29 is 9.18 Å². The van der Waals surface area contributed by atoms with Gasteiger partial charge in [-0.05, 0) is 36.8 Å². The normalized spacial score (nSPS) is 18.7. The van der Waals surface area contributed by atoms with Crippen molar-refractivity contribution in [3.8, 4) is 0 Å². The fourth-order valence-corrected chi connectivity index (χ4v) is 3.94. The Labute approximate surface area is 153 Å². The summed E-state index contributed by atoms with van der Waals surface area (Å²) < 4.78 is 14.9. The van der Waals surface area contributed by atoms with E-state index in [0.717, 1.165) is 11.4 Å². The summed E-state index contributed by atoms with van der Waals surface area (Å²) in [5.41, 5.74) is 4.87. The first-order valence-electron chi connectivity index (χ1n) is 8.08. The van der Waals surface area contributed by atoms with E-state index in [9.17, 15) is 9.18 Å². The Morgan fingerprint density at radius 3 is 2.62 bits per heavy atom. The van der Waals surface area contributed by atoms with Crippen LogP contribution in [0.25, 0.3) is 0 Å². The number of nitrogens with zero attached hydrogens (tertiary/aromatic N) is 3. The Hall–Kier alpha value is -2.87. The molecule has 0 saturated heterocycles. The Morgan fingerprint density at radius 2 is 1.88 bits per heavy atom. The lowest BCUT2D eigenvalue weighted by molar-refractivity contribution is -0.116. The van der Waals surface area contributed by atoms with Crippen LogP contribution in [0.15, 0.2) is 59.8 Å². The molecule has 0 spiro atoms. The molecule has 3 aromatic rings. The number of nitrogens with one attached hydrogen (secondary N) is 2. The van der Waals surface area contributed by atoms with Crippen LogP contribution in [0.5, 0.6) is 0 Å². The number of fused-ring (bicyclic) bond motifs is 1. The number of rotatable bonds is 3. The van der Waals surface area contributed by atoms with Gasteiger partial charge < -0.3 is 10.7 Å². The van der Waals surface area contributed by atoms with E-state index in [4.69, 9.17) is 0 Å². The molecule has 132 valence electrons. The Balaban J connectivity index is 1.64. The third-order valence-electron chi connectivity index (χ3n) is 4.13. The van der Waals surface area contributed by atoms with Crippen LogP contribution in [0.4, 0.5) is 10.1 Å². The second-order valence-corrected chi connectivity index (χ2v) is 7.03. The summed E-state index contributed by atoms with van der Waals surface area (Å²) in [6.07, 6.45) is 0. The maximum Gasteiger partial charge on any atom is 0.240 e. The summed E-state index contributed by atoms with van der Waals surface area (Å²) in [4.78, 5) is 12.9. The minimum atomic E-state index is -0.460. The quantitative estimate of drug-likeness (QED) is 0.742. The number of benzene rings is 2. The van der Waals surface area contributed by atoms with Crippen LogP contribution in [0.2, 0.25) is 0 Å². The molecule has 2 atom stereocenters. The van der Waals surface area contributed by atoms with Gasteiger partial charge in [-0.2, -0.15) is 0 Å². The van der Waals surface area contributed by atoms with Crippen molar-refractivity contribution in [3.05, 3.63) is 71.8 Å². The molecule has 0 radical (unpaired) electrons. The van der Waals surface area contributed by atoms with Crippen LogP contribution >= 0.6 is 11.8 Å². The molecule has 6 nitrogen and oxygen atoms in total. The van der Waals surface area contributed by atoms with E-state index >= 15 is 0 Å². The summed E-state index contributed by atoms with van der Waals surface area (Å²) in [5.74, 6) is 0.197. The minimum Gasteiger partial charge on any atom is -0.325 e. The molecule has 1 aliphatic heterocycles. The monoisotopic (exact) mass is 369 g/mol.